The third-order valence-electron chi connectivity index (χ3n) is 7.56. The van der Waals surface area contributed by atoms with Gasteiger partial charge in [-0.1, -0.05) is 152 Å². The molecule has 0 saturated heterocycles. The predicted molar refractivity (Wildman–Crippen MR) is 157 cm³/mol. The molecule has 0 amide bonds. The van der Waals surface area contributed by atoms with Crippen molar-refractivity contribution in [3.8, 4) is 0 Å². The molecule has 2 atom stereocenters. The van der Waals surface area contributed by atoms with Crippen molar-refractivity contribution >= 4 is 0 Å². The monoisotopic (exact) mass is 530 g/mol. The summed E-state index contributed by atoms with van der Waals surface area (Å²) in [6.07, 6.45) is -1.18. The first-order valence-electron chi connectivity index (χ1n) is 13.5. The van der Waals surface area contributed by atoms with Gasteiger partial charge in [-0.25, -0.2) is 0 Å². The van der Waals surface area contributed by atoms with Gasteiger partial charge in [-0.05, 0) is 29.2 Å². The highest BCUT2D eigenvalue weighted by Gasteiger charge is 2.49. The van der Waals surface area contributed by atoms with E-state index in [1.165, 1.54) is 0 Å². The lowest BCUT2D eigenvalue weighted by Crippen LogP contribution is -2.50. The van der Waals surface area contributed by atoms with Gasteiger partial charge in [0, 0.05) is 12.0 Å². The normalized spacial score (nSPS) is 14.3. The Morgan fingerprint density at radius 2 is 0.775 bits per heavy atom. The number of hydrogen-bond donors (Lipinski definition) is 3. The highest BCUT2D eigenvalue weighted by molar-refractivity contribution is 5.41. The summed E-state index contributed by atoms with van der Waals surface area (Å²) in [5, 5.41) is 37.1. The molecule has 0 saturated carbocycles. The summed E-state index contributed by atoms with van der Waals surface area (Å²) < 4.78 is 6.58. The van der Waals surface area contributed by atoms with E-state index in [4.69, 9.17) is 4.74 Å². The van der Waals surface area contributed by atoms with Gasteiger partial charge in [-0.3, -0.25) is 0 Å². The molecule has 4 heteroatoms. The van der Waals surface area contributed by atoms with Crippen molar-refractivity contribution in [3.05, 3.63) is 179 Å². The van der Waals surface area contributed by atoms with Crippen molar-refractivity contribution in [2.24, 2.45) is 0 Å². The third kappa shape index (κ3) is 5.48. The zero-order valence-corrected chi connectivity index (χ0v) is 22.5. The Morgan fingerprint density at radius 3 is 1.12 bits per heavy atom. The summed E-state index contributed by atoms with van der Waals surface area (Å²) in [5.74, 6) is -1.78. The van der Waals surface area contributed by atoms with Crippen LogP contribution in [-0.2, 0) is 21.7 Å². The Labute approximate surface area is 235 Å². The molecule has 5 aromatic rings. The van der Waals surface area contributed by atoms with Crippen molar-refractivity contribution < 1.29 is 20.1 Å². The van der Waals surface area contributed by atoms with E-state index >= 15 is 0 Å². The fourth-order valence-electron chi connectivity index (χ4n) is 5.39. The SMILES string of the molecule is CC(O)(O[C@H](CC(O)(c1ccccc1)c1ccccc1)C(O)(c1ccccc1)c1ccccc1)c1ccccc1. The molecule has 0 aliphatic heterocycles. The Morgan fingerprint density at radius 1 is 0.475 bits per heavy atom. The first-order valence-corrected chi connectivity index (χ1v) is 13.5. The van der Waals surface area contributed by atoms with E-state index in [0.717, 1.165) is 0 Å². The van der Waals surface area contributed by atoms with E-state index in [-0.39, 0.29) is 6.42 Å². The van der Waals surface area contributed by atoms with Crippen LogP contribution in [0.1, 0.15) is 41.2 Å². The minimum atomic E-state index is -1.78. The van der Waals surface area contributed by atoms with E-state index in [1.807, 2.05) is 140 Å². The molecule has 3 N–H and O–H groups in total. The molecule has 0 bridgehead atoms. The zero-order valence-electron chi connectivity index (χ0n) is 22.5. The summed E-state index contributed by atoms with van der Waals surface area (Å²) in [5.41, 5.74) is -0.296. The number of rotatable bonds is 10. The van der Waals surface area contributed by atoms with Gasteiger partial charge < -0.3 is 20.1 Å². The fourth-order valence-corrected chi connectivity index (χ4v) is 5.39. The van der Waals surface area contributed by atoms with Crippen LogP contribution in [0.5, 0.6) is 0 Å². The lowest BCUT2D eigenvalue weighted by Gasteiger charge is -2.44. The average molecular weight is 531 g/mol. The van der Waals surface area contributed by atoms with Gasteiger partial charge in [-0.2, -0.15) is 0 Å². The third-order valence-corrected chi connectivity index (χ3v) is 7.56. The summed E-state index contributed by atoms with van der Waals surface area (Å²) in [6.45, 7) is 1.57. The Hall–Kier alpha value is -4.06. The topological polar surface area (TPSA) is 69.9 Å². The highest BCUT2D eigenvalue weighted by Crippen LogP contribution is 2.45. The summed E-state index contributed by atoms with van der Waals surface area (Å²) in [4.78, 5) is 0. The van der Waals surface area contributed by atoms with Crippen LogP contribution in [0.2, 0.25) is 0 Å². The van der Waals surface area contributed by atoms with Crippen LogP contribution < -0.4 is 0 Å². The molecular formula is C36H34O4. The Kier molecular flexibility index (Phi) is 7.97. The fraction of sp³-hybridized carbons (Fsp3) is 0.167. The first kappa shape index (κ1) is 27.5. The van der Waals surface area contributed by atoms with Gasteiger partial charge in [0.05, 0.1) is 0 Å². The second-order valence-electron chi connectivity index (χ2n) is 10.3. The molecule has 1 unspecified atom stereocenters. The van der Waals surface area contributed by atoms with Gasteiger partial charge in [0.15, 0.2) is 5.79 Å². The summed E-state index contributed by atoms with van der Waals surface area (Å²) in [7, 11) is 0. The van der Waals surface area contributed by atoms with Gasteiger partial charge in [0.25, 0.3) is 0 Å². The van der Waals surface area contributed by atoms with Gasteiger partial charge in [0.1, 0.15) is 17.3 Å². The molecule has 0 radical (unpaired) electrons. The van der Waals surface area contributed by atoms with E-state index in [0.29, 0.717) is 27.8 Å². The minimum Gasteiger partial charge on any atom is -0.380 e. The van der Waals surface area contributed by atoms with Crippen LogP contribution >= 0.6 is 0 Å². The summed E-state index contributed by atoms with van der Waals surface area (Å²) in [6, 6.07) is 46.4. The lowest BCUT2D eigenvalue weighted by atomic mass is 9.73. The quantitative estimate of drug-likeness (QED) is 0.180. The van der Waals surface area contributed by atoms with Crippen LogP contribution in [0.3, 0.4) is 0 Å². The molecule has 0 aliphatic rings. The second kappa shape index (κ2) is 11.6. The highest BCUT2D eigenvalue weighted by atomic mass is 16.6. The van der Waals surface area contributed by atoms with E-state index in [9.17, 15) is 15.3 Å². The van der Waals surface area contributed by atoms with Crippen molar-refractivity contribution in [2.75, 3.05) is 0 Å². The van der Waals surface area contributed by atoms with Crippen LogP contribution in [-0.4, -0.2) is 21.4 Å². The van der Waals surface area contributed by atoms with Crippen molar-refractivity contribution in [2.45, 2.75) is 36.4 Å². The van der Waals surface area contributed by atoms with Crippen LogP contribution in [0.4, 0.5) is 0 Å². The lowest BCUT2D eigenvalue weighted by molar-refractivity contribution is -0.267. The molecule has 40 heavy (non-hydrogen) atoms. The second-order valence-corrected chi connectivity index (χ2v) is 10.3. The molecule has 0 heterocycles. The predicted octanol–water partition coefficient (Wildman–Crippen LogP) is 6.50. The van der Waals surface area contributed by atoms with E-state index in [1.54, 1.807) is 19.1 Å². The van der Waals surface area contributed by atoms with Crippen molar-refractivity contribution in [1.82, 2.24) is 0 Å². The Balaban J connectivity index is 1.72. The molecule has 202 valence electrons. The molecule has 5 aromatic carbocycles. The largest absolute Gasteiger partial charge is 0.380 e. The smallest absolute Gasteiger partial charge is 0.189 e. The number of hydrogen-bond acceptors (Lipinski definition) is 4. The molecule has 0 aromatic heterocycles. The first-order chi connectivity index (χ1) is 19.3. The van der Waals surface area contributed by atoms with E-state index in [2.05, 4.69) is 0 Å². The maximum absolute atomic E-state index is 12.8. The van der Waals surface area contributed by atoms with Gasteiger partial charge in [-0.15, -0.1) is 0 Å². The number of benzene rings is 5. The van der Waals surface area contributed by atoms with Crippen molar-refractivity contribution in [1.29, 1.82) is 0 Å². The van der Waals surface area contributed by atoms with Crippen LogP contribution in [0, 0.1) is 0 Å². The minimum absolute atomic E-state index is 0.0652. The van der Waals surface area contributed by atoms with E-state index < -0.39 is 23.1 Å². The molecule has 0 aliphatic carbocycles. The zero-order chi connectivity index (χ0) is 28.1. The van der Waals surface area contributed by atoms with Gasteiger partial charge >= 0.3 is 0 Å². The molecule has 0 fully saturated rings. The molecule has 5 rings (SSSR count). The van der Waals surface area contributed by atoms with Gasteiger partial charge in [0.2, 0.25) is 0 Å². The van der Waals surface area contributed by atoms with Crippen LogP contribution in [0.15, 0.2) is 152 Å². The Bertz CT molecular complexity index is 1390. The average Bonchev–Trinajstić information content (AvgIpc) is 3.02. The standard InChI is InChI=1S/C36H34O4/c1-34(37,28-17-7-2-8-18-28)40-33(36(39,31-23-13-5-14-24-31)32-25-15-6-16-26-32)27-35(38,29-19-9-3-10-20-29)30-21-11-4-12-22-30/h2-26,33,37-39H,27H2,1H3/t33-,34?/m1/s1. The molecular weight excluding hydrogens is 496 g/mol. The summed E-state index contributed by atoms with van der Waals surface area (Å²) >= 11 is 0. The number of aliphatic hydroxyl groups is 3. The number of ether oxygens (including phenoxy) is 1. The maximum Gasteiger partial charge on any atom is 0.189 e. The maximum atomic E-state index is 12.8. The van der Waals surface area contributed by atoms with Crippen LogP contribution in [0.25, 0.3) is 0 Å². The molecule has 0 spiro atoms. The van der Waals surface area contributed by atoms with Crippen molar-refractivity contribution in [3.63, 3.8) is 0 Å². The molecule has 4 nitrogen and oxygen atoms in total.